The Morgan fingerprint density at radius 3 is 2.77 bits per heavy atom. The van der Waals surface area contributed by atoms with E-state index in [-0.39, 0.29) is 5.75 Å². The smallest absolute Gasteiger partial charge is 0.345 e. The summed E-state index contributed by atoms with van der Waals surface area (Å²) in [4.78, 5) is 21.9. The first-order valence-electron chi connectivity index (χ1n) is 3.41. The Labute approximate surface area is 73.4 Å². The number of carboxylic acid groups (broad SMARTS) is 1. The maximum absolute atomic E-state index is 11.2. The number of aryl methyl sites for hydroxylation is 1. The van der Waals surface area contributed by atoms with Crippen LogP contribution < -0.4 is 10.3 Å². The number of methoxy groups -OCH3 is 1. The molecule has 1 rings (SSSR count). The van der Waals surface area contributed by atoms with Crippen LogP contribution in [0.4, 0.5) is 0 Å². The summed E-state index contributed by atoms with van der Waals surface area (Å²) in [5.41, 5.74) is -1.09. The van der Waals surface area contributed by atoms with E-state index in [4.69, 9.17) is 5.11 Å². The number of aromatic nitrogens is 2. The van der Waals surface area contributed by atoms with Gasteiger partial charge in [-0.25, -0.2) is 9.48 Å². The summed E-state index contributed by atoms with van der Waals surface area (Å²) in [7, 11) is 2.65. The molecule has 1 heterocycles. The van der Waals surface area contributed by atoms with Gasteiger partial charge >= 0.3 is 5.97 Å². The molecule has 0 radical (unpaired) electrons. The molecule has 6 nitrogen and oxygen atoms in total. The molecule has 0 atom stereocenters. The number of carboxylic acids is 1. The van der Waals surface area contributed by atoms with E-state index < -0.39 is 17.1 Å². The molecule has 0 aliphatic carbocycles. The molecule has 0 saturated heterocycles. The van der Waals surface area contributed by atoms with E-state index >= 15 is 0 Å². The zero-order valence-electron chi connectivity index (χ0n) is 7.14. The van der Waals surface area contributed by atoms with Crippen molar-refractivity contribution in [2.45, 2.75) is 0 Å². The van der Waals surface area contributed by atoms with Gasteiger partial charge in [0.05, 0.1) is 13.3 Å². The lowest BCUT2D eigenvalue weighted by Gasteiger charge is -2.03. The number of hydrogen-bond donors (Lipinski definition) is 1. The number of nitrogens with zero attached hydrogens (tertiary/aromatic N) is 2. The van der Waals surface area contributed by atoms with Gasteiger partial charge in [-0.15, -0.1) is 0 Å². The second-order valence-electron chi connectivity index (χ2n) is 2.32. The third kappa shape index (κ3) is 1.51. The molecule has 70 valence electrons. The van der Waals surface area contributed by atoms with Crippen LogP contribution in [0.25, 0.3) is 0 Å². The molecule has 6 heteroatoms. The molecule has 0 amide bonds. The predicted octanol–water partition coefficient (Wildman–Crippen LogP) is -0.513. The molecule has 0 aliphatic heterocycles. The van der Waals surface area contributed by atoms with Gasteiger partial charge in [-0.05, 0) is 0 Å². The Kier molecular flexibility index (Phi) is 2.32. The fraction of sp³-hybridized carbons (Fsp3) is 0.286. The van der Waals surface area contributed by atoms with Gasteiger partial charge in [-0.3, -0.25) is 4.79 Å². The fourth-order valence-electron chi connectivity index (χ4n) is 0.875. The zero-order chi connectivity index (χ0) is 10.0. The molecule has 0 bridgehead atoms. The maximum Gasteiger partial charge on any atom is 0.345 e. The van der Waals surface area contributed by atoms with E-state index in [2.05, 4.69) is 9.84 Å². The van der Waals surface area contributed by atoms with Crippen LogP contribution >= 0.6 is 0 Å². The van der Waals surface area contributed by atoms with Gasteiger partial charge in [-0.2, -0.15) is 5.10 Å². The van der Waals surface area contributed by atoms with Crippen molar-refractivity contribution in [3.05, 3.63) is 22.1 Å². The summed E-state index contributed by atoms with van der Waals surface area (Å²) in [6.07, 6.45) is 1.19. The van der Waals surface area contributed by atoms with E-state index in [1.165, 1.54) is 20.4 Å². The summed E-state index contributed by atoms with van der Waals surface area (Å²) in [6.45, 7) is 0. The van der Waals surface area contributed by atoms with Gasteiger partial charge in [0, 0.05) is 7.05 Å². The van der Waals surface area contributed by atoms with Gasteiger partial charge < -0.3 is 9.84 Å². The van der Waals surface area contributed by atoms with Crippen LogP contribution in [0.15, 0.2) is 11.0 Å². The minimum atomic E-state index is -1.32. The SMILES string of the molecule is COc1cnn(C)c(=O)c1C(=O)O. The molecule has 0 fully saturated rings. The largest absolute Gasteiger partial charge is 0.494 e. The normalized spacial score (nSPS) is 9.69. The van der Waals surface area contributed by atoms with Gasteiger partial charge in [0.2, 0.25) is 0 Å². The molecule has 0 aromatic carbocycles. The van der Waals surface area contributed by atoms with Crippen LogP contribution in [0, 0.1) is 0 Å². The number of hydrogen-bond acceptors (Lipinski definition) is 4. The van der Waals surface area contributed by atoms with Crippen molar-refractivity contribution in [3.63, 3.8) is 0 Å². The highest BCUT2D eigenvalue weighted by Crippen LogP contribution is 2.10. The Morgan fingerprint density at radius 2 is 2.31 bits per heavy atom. The molecule has 0 aliphatic rings. The lowest BCUT2D eigenvalue weighted by atomic mass is 10.3. The first-order valence-corrected chi connectivity index (χ1v) is 3.41. The highest BCUT2D eigenvalue weighted by molar-refractivity contribution is 5.90. The van der Waals surface area contributed by atoms with Crippen LogP contribution in [0.1, 0.15) is 10.4 Å². The monoisotopic (exact) mass is 184 g/mol. The predicted molar refractivity (Wildman–Crippen MR) is 43.0 cm³/mol. The average Bonchev–Trinajstić information content (AvgIpc) is 2.08. The van der Waals surface area contributed by atoms with Crippen LogP contribution in [0.3, 0.4) is 0 Å². The van der Waals surface area contributed by atoms with Crippen LogP contribution in [0.2, 0.25) is 0 Å². The van der Waals surface area contributed by atoms with Gasteiger partial charge in [0.15, 0.2) is 11.3 Å². The number of carbonyl (C=O) groups is 1. The Balaban J connectivity index is 3.51. The van der Waals surface area contributed by atoms with Crippen LogP contribution in [0.5, 0.6) is 5.75 Å². The van der Waals surface area contributed by atoms with E-state index in [1.807, 2.05) is 0 Å². The number of rotatable bonds is 2. The minimum Gasteiger partial charge on any atom is -0.494 e. The summed E-state index contributed by atoms with van der Waals surface area (Å²) in [6, 6.07) is 0. The Morgan fingerprint density at radius 1 is 1.69 bits per heavy atom. The highest BCUT2D eigenvalue weighted by Gasteiger charge is 2.17. The Hall–Kier alpha value is -1.85. The molecular weight excluding hydrogens is 176 g/mol. The standard InChI is InChI=1S/C7H8N2O4/c1-9-6(10)5(7(11)12)4(13-2)3-8-9/h3H,1-2H3,(H,11,12). The summed E-state index contributed by atoms with van der Waals surface area (Å²) in [5.74, 6) is -1.35. The van der Waals surface area contributed by atoms with E-state index in [1.54, 1.807) is 0 Å². The van der Waals surface area contributed by atoms with Gasteiger partial charge in [-0.1, -0.05) is 0 Å². The van der Waals surface area contributed by atoms with E-state index in [0.29, 0.717) is 0 Å². The molecular formula is C7H8N2O4. The van der Waals surface area contributed by atoms with Crippen LogP contribution in [-0.4, -0.2) is 28.0 Å². The first kappa shape index (κ1) is 9.24. The topological polar surface area (TPSA) is 81.4 Å². The molecule has 1 aromatic heterocycles. The number of ether oxygens (including phenoxy) is 1. The second-order valence-corrected chi connectivity index (χ2v) is 2.32. The molecule has 1 aromatic rings. The third-order valence-corrected chi connectivity index (χ3v) is 1.54. The van der Waals surface area contributed by atoms with Gasteiger partial charge in [0.1, 0.15) is 0 Å². The van der Waals surface area contributed by atoms with Crippen molar-refractivity contribution in [1.29, 1.82) is 0 Å². The molecule has 1 N–H and O–H groups in total. The summed E-state index contributed by atoms with van der Waals surface area (Å²) < 4.78 is 5.62. The van der Waals surface area contributed by atoms with Crippen LogP contribution in [-0.2, 0) is 7.05 Å². The van der Waals surface area contributed by atoms with E-state index in [9.17, 15) is 9.59 Å². The number of aromatic carboxylic acids is 1. The van der Waals surface area contributed by atoms with Crippen molar-refractivity contribution < 1.29 is 14.6 Å². The van der Waals surface area contributed by atoms with E-state index in [0.717, 1.165) is 4.68 Å². The second kappa shape index (κ2) is 3.26. The lowest BCUT2D eigenvalue weighted by Crippen LogP contribution is -2.26. The van der Waals surface area contributed by atoms with Gasteiger partial charge in [0.25, 0.3) is 5.56 Å². The quantitative estimate of drug-likeness (QED) is 0.669. The first-order chi connectivity index (χ1) is 6.07. The van der Waals surface area contributed by atoms with Crippen molar-refractivity contribution in [2.24, 2.45) is 7.05 Å². The molecule has 0 unspecified atom stereocenters. The minimum absolute atomic E-state index is 0.0319. The fourth-order valence-corrected chi connectivity index (χ4v) is 0.875. The van der Waals surface area contributed by atoms with Crippen molar-refractivity contribution >= 4 is 5.97 Å². The molecule has 13 heavy (non-hydrogen) atoms. The third-order valence-electron chi connectivity index (χ3n) is 1.54. The molecule has 0 saturated carbocycles. The van der Waals surface area contributed by atoms with Crippen molar-refractivity contribution in [1.82, 2.24) is 9.78 Å². The van der Waals surface area contributed by atoms with Crippen molar-refractivity contribution in [2.75, 3.05) is 7.11 Å². The highest BCUT2D eigenvalue weighted by atomic mass is 16.5. The summed E-state index contributed by atoms with van der Waals surface area (Å²) >= 11 is 0. The Bertz CT molecular complexity index is 396. The zero-order valence-corrected chi connectivity index (χ0v) is 7.14. The maximum atomic E-state index is 11.2. The molecule has 0 spiro atoms. The lowest BCUT2D eigenvalue weighted by molar-refractivity contribution is 0.0690. The van der Waals surface area contributed by atoms with Crippen molar-refractivity contribution in [3.8, 4) is 5.75 Å². The summed E-state index contributed by atoms with van der Waals surface area (Å²) in [5, 5.41) is 12.3. The average molecular weight is 184 g/mol.